The van der Waals surface area contributed by atoms with E-state index in [0.717, 1.165) is 5.56 Å². The Morgan fingerprint density at radius 1 is 1.21 bits per heavy atom. The maximum Gasteiger partial charge on any atom is 0.336 e. The van der Waals surface area contributed by atoms with Crippen molar-refractivity contribution in [3.05, 3.63) is 52.8 Å². The van der Waals surface area contributed by atoms with Gasteiger partial charge in [-0.15, -0.1) is 0 Å². The Kier molecular flexibility index (Phi) is 6.37. The van der Waals surface area contributed by atoms with Crippen LogP contribution in [0.3, 0.4) is 0 Å². The molecule has 0 radical (unpaired) electrons. The van der Waals surface area contributed by atoms with Crippen molar-refractivity contribution in [2.75, 3.05) is 7.11 Å². The molecule has 1 aromatic heterocycles. The van der Waals surface area contributed by atoms with Gasteiger partial charge < -0.3 is 14.2 Å². The summed E-state index contributed by atoms with van der Waals surface area (Å²) in [6.45, 7) is 3.89. The van der Waals surface area contributed by atoms with Crippen LogP contribution in [0.15, 0.2) is 47.2 Å². The lowest BCUT2D eigenvalue weighted by Gasteiger charge is -2.13. The van der Waals surface area contributed by atoms with Gasteiger partial charge in [0.2, 0.25) is 0 Å². The molecule has 0 spiro atoms. The number of pyridine rings is 1. The van der Waals surface area contributed by atoms with E-state index in [2.05, 4.69) is 20.9 Å². The summed E-state index contributed by atoms with van der Waals surface area (Å²) in [7, 11) is 1.57. The molecule has 0 saturated heterocycles. The molecule has 0 unspecified atom stereocenters. The first-order valence-electron chi connectivity index (χ1n) is 7.34. The molecule has 0 amide bonds. The van der Waals surface area contributed by atoms with E-state index < -0.39 is 5.97 Å². The van der Waals surface area contributed by atoms with Crippen molar-refractivity contribution in [1.82, 2.24) is 4.98 Å². The van der Waals surface area contributed by atoms with Gasteiger partial charge in [-0.05, 0) is 65.7 Å². The number of halogens is 1. The summed E-state index contributed by atoms with van der Waals surface area (Å²) in [5, 5.41) is 0. The van der Waals surface area contributed by atoms with Crippen LogP contribution >= 0.6 is 15.9 Å². The number of esters is 1. The SMILES string of the molecule is COc1cc(/C=C/C(=O)Oc2cccnc2Br)ccc1OC(C)C. The summed E-state index contributed by atoms with van der Waals surface area (Å²) in [5.41, 5.74) is 0.796. The molecule has 0 aliphatic heterocycles. The lowest BCUT2D eigenvalue weighted by Crippen LogP contribution is -2.06. The molecule has 0 aliphatic carbocycles. The predicted molar refractivity (Wildman–Crippen MR) is 95.4 cm³/mol. The molecule has 126 valence electrons. The van der Waals surface area contributed by atoms with Gasteiger partial charge >= 0.3 is 5.97 Å². The van der Waals surface area contributed by atoms with E-state index in [9.17, 15) is 4.79 Å². The van der Waals surface area contributed by atoms with E-state index in [-0.39, 0.29) is 6.10 Å². The van der Waals surface area contributed by atoms with Crippen LogP contribution in [0.4, 0.5) is 0 Å². The van der Waals surface area contributed by atoms with Crippen LogP contribution < -0.4 is 14.2 Å². The minimum Gasteiger partial charge on any atom is -0.493 e. The van der Waals surface area contributed by atoms with Crippen molar-refractivity contribution in [2.24, 2.45) is 0 Å². The average Bonchev–Trinajstić information content (AvgIpc) is 2.55. The molecular weight excluding hydrogens is 374 g/mol. The van der Waals surface area contributed by atoms with Crippen molar-refractivity contribution in [2.45, 2.75) is 20.0 Å². The number of carbonyl (C=O) groups excluding carboxylic acids is 1. The van der Waals surface area contributed by atoms with Crippen molar-refractivity contribution in [3.63, 3.8) is 0 Å². The van der Waals surface area contributed by atoms with E-state index in [1.54, 1.807) is 37.6 Å². The van der Waals surface area contributed by atoms with Crippen molar-refractivity contribution < 1.29 is 19.0 Å². The first-order chi connectivity index (χ1) is 11.5. The number of hydrogen-bond acceptors (Lipinski definition) is 5. The fourth-order valence-electron chi connectivity index (χ4n) is 1.89. The van der Waals surface area contributed by atoms with E-state index in [1.165, 1.54) is 6.08 Å². The molecule has 1 heterocycles. The number of methoxy groups -OCH3 is 1. The summed E-state index contributed by atoms with van der Waals surface area (Å²) in [6, 6.07) is 8.78. The zero-order valence-corrected chi connectivity index (χ0v) is 15.2. The predicted octanol–water partition coefficient (Wildman–Crippen LogP) is 4.26. The van der Waals surface area contributed by atoms with E-state index in [4.69, 9.17) is 14.2 Å². The van der Waals surface area contributed by atoms with E-state index >= 15 is 0 Å². The van der Waals surface area contributed by atoms with E-state index in [1.807, 2.05) is 26.0 Å². The molecule has 2 aromatic rings. The third-order valence-electron chi connectivity index (χ3n) is 2.90. The topological polar surface area (TPSA) is 57.7 Å². The van der Waals surface area contributed by atoms with Gasteiger partial charge in [0.05, 0.1) is 13.2 Å². The second kappa shape index (κ2) is 8.49. The largest absolute Gasteiger partial charge is 0.493 e. The number of rotatable bonds is 6. The summed E-state index contributed by atoms with van der Waals surface area (Å²) < 4.78 is 16.7. The first-order valence-corrected chi connectivity index (χ1v) is 8.14. The highest BCUT2D eigenvalue weighted by Crippen LogP contribution is 2.29. The van der Waals surface area contributed by atoms with Gasteiger partial charge in [0.1, 0.15) is 4.60 Å². The second-order valence-electron chi connectivity index (χ2n) is 5.12. The summed E-state index contributed by atoms with van der Waals surface area (Å²) >= 11 is 3.22. The fourth-order valence-corrected chi connectivity index (χ4v) is 2.22. The minimum atomic E-state index is -0.495. The lowest BCUT2D eigenvalue weighted by atomic mass is 10.2. The average molecular weight is 392 g/mol. The van der Waals surface area contributed by atoms with Crippen LogP contribution in [-0.4, -0.2) is 24.2 Å². The third kappa shape index (κ3) is 5.09. The van der Waals surface area contributed by atoms with Crippen molar-refractivity contribution in [3.8, 4) is 17.2 Å². The molecule has 0 bridgehead atoms. The number of carbonyl (C=O) groups is 1. The van der Waals surface area contributed by atoms with Gasteiger partial charge in [0.25, 0.3) is 0 Å². The Hall–Kier alpha value is -2.34. The lowest BCUT2D eigenvalue weighted by molar-refractivity contribution is -0.128. The van der Waals surface area contributed by atoms with Gasteiger partial charge in [0, 0.05) is 12.3 Å². The first kappa shape index (κ1) is 18.0. The van der Waals surface area contributed by atoms with Crippen LogP contribution in [0.2, 0.25) is 0 Å². The summed E-state index contributed by atoms with van der Waals surface area (Å²) in [4.78, 5) is 15.9. The van der Waals surface area contributed by atoms with Gasteiger partial charge in [-0.25, -0.2) is 9.78 Å². The minimum absolute atomic E-state index is 0.0493. The van der Waals surface area contributed by atoms with Gasteiger partial charge in [0.15, 0.2) is 17.2 Å². The molecular formula is C18H18BrNO4. The highest BCUT2D eigenvalue weighted by Gasteiger charge is 2.08. The van der Waals surface area contributed by atoms with Gasteiger partial charge in [-0.2, -0.15) is 0 Å². The zero-order valence-electron chi connectivity index (χ0n) is 13.7. The summed E-state index contributed by atoms with van der Waals surface area (Å²) in [5.74, 6) is 1.14. The molecule has 0 atom stereocenters. The molecule has 0 N–H and O–H groups in total. The van der Waals surface area contributed by atoms with E-state index in [0.29, 0.717) is 21.9 Å². The van der Waals surface area contributed by atoms with Gasteiger partial charge in [-0.1, -0.05) is 6.07 Å². The van der Waals surface area contributed by atoms with Crippen LogP contribution in [-0.2, 0) is 4.79 Å². The second-order valence-corrected chi connectivity index (χ2v) is 5.87. The normalized spacial score (nSPS) is 10.9. The number of aromatic nitrogens is 1. The number of hydrogen-bond donors (Lipinski definition) is 0. The molecule has 5 nitrogen and oxygen atoms in total. The van der Waals surface area contributed by atoms with Crippen LogP contribution in [0.25, 0.3) is 6.08 Å². The highest BCUT2D eigenvalue weighted by atomic mass is 79.9. The maximum atomic E-state index is 11.9. The Labute approximate surface area is 149 Å². The molecule has 0 saturated carbocycles. The quantitative estimate of drug-likeness (QED) is 0.418. The standard InChI is InChI=1S/C18H18BrNO4/c1-12(2)23-14-8-6-13(11-16(14)22-3)7-9-17(21)24-15-5-4-10-20-18(15)19/h4-12H,1-3H3/b9-7+. The van der Waals surface area contributed by atoms with Crippen molar-refractivity contribution in [1.29, 1.82) is 0 Å². The Morgan fingerprint density at radius 3 is 2.67 bits per heavy atom. The Morgan fingerprint density at radius 2 is 2.00 bits per heavy atom. The third-order valence-corrected chi connectivity index (χ3v) is 3.49. The van der Waals surface area contributed by atoms with Crippen LogP contribution in [0.1, 0.15) is 19.4 Å². The summed E-state index contributed by atoms with van der Waals surface area (Å²) in [6.07, 6.45) is 4.64. The number of benzene rings is 1. The highest BCUT2D eigenvalue weighted by molar-refractivity contribution is 9.10. The monoisotopic (exact) mass is 391 g/mol. The Bertz CT molecular complexity index is 744. The maximum absolute atomic E-state index is 11.9. The molecule has 2 rings (SSSR count). The molecule has 0 aliphatic rings. The van der Waals surface area contributed by atoms with Crippen LogP contribution in [0, 0.1) is 0 Å². The smallest absolute Gasteiger partial charge is 0.336 e. The zero-order chi connectivity index (χ0) is 17.5. The molecule has 1 aromatic carbocycles. The molecule has 0 fully saturated rings. The number of nitrogens with zero attached hydrogens (tertiary/aromatic N) is 1. The molecule has 6 heteroatoms. The molecule has 24 heavy (non-hydrogen) atoms. The van der Waals surface area contributed by atoms with Crippen LogP contribution in [0.5, 0.6) is 17.2 Å². The fraction of sp³-hybridized carbons (Fsp3) is 0.222. The number of ether oxygens (including phenoxy) is 3. The van der Waals surface area contributed by atoms with Crippen molar-refractivity contribution >= 4 is 28.0 Å². The van der Waals surface area contributed by atoms with Gasteiger partial charge in [-0.3, -0.25) is 0 Å². The Balaban J connectivity index is 2.08.